The van der Waals surface area contributed by atoms with E-state index < -0.39 is 15.9 Å². The second kappa shape index (κ2) is 10.4. The Morgan fingerprint density at radius 1 is 1.33 bits per heavy atom. The van der Waals surface area contributed by atoms with Gasteiger partial charge >= 0.3 is 6.03 Å². The number of nitrogens with one attached hydrogen (secondary N) is 3. The van der Waals surface area contributed by atoms with Crippen molar-refractivity contribution < 1.29 is 23.1 Å². The third kappa shape index (κ3) is 6.99. The molecule has 0 spiro atoms. The van der Waals surface area contributed by atoms with Gasteiger partial charge in [-0.05, 0) is 31.2 Å². The number of amidine groups is 1. The van der Waals surface area contributed by atoms with Crippen molar-refractivity contribution in [3.63, 3.8) is 0 Å². The highest BCUT2D eigenvalue weighted by Gasteiger charge is 2.22. The lowest BCUT2D eigenvalue weighted by atomic mass is 10.2. The molecule has 0 radical (unpaired) electrons. The van der Waals surface area contributed by atoms with Crippen LogP contribution in [0.25, 0.3) is 11.4 Å². The summed E-state index contributed by atoms with van der Waals surface area (Å²) in [6.07, 6.45) is 2.84. The summed E-state index contributed by atoms with van der Waals surface area (Å²) in [5.41, 5.74) is 1.51. The molecule has 3 rings (SSSR count). The summed E-state index contributed by atoms with van der Waals surface area (Å²) in [7, 11) is -3.30. The number of sulfone groups is 1. The number of ether oxygens (including phenoxy) is 1. The summed E-state index contributed by atoms with van der Waals surface area (Å²) in [4.78, 5) is 23.1. The Kier molecular flexibility index (Phi) is 7.61. The van der Waals surface area contributed by atoms with E-state index in [1.807, 2.05) is 6.92 Å². The number of aromatic nitrogens is 2. The van der Waals surface area contributed by atoms with Crippen LogP contribution in [0.4, 0.5) is 16.3 Å². The number of rotatable bonds is 6. The molecule has 1 aliphatic rings. The Morgan fingerprint density at radius 3 is 2.70 bits per heavy atom. The number of anilines is 2. The number of amides is 2. The van der Waals surface area contributed by atoms with E-state index in [0.29, 0.717) is 54.6 Å². The van der Waals surface area contributed by atoms with Crippen LogP contribution in [0.1, 0.15) is 12.6 Å². The quantitative estimate of drug-likeness (QED) is 0.281. The van der Waals surface area contributed by atoms with Gasteiger partial charge in [0.25, 0.3) is 0 Å². The molecule has 1 aromatic heterocycles. The number of morpholine rings is 1. The van der Waals surface area contributed by atoms with Gasteiger partial charge in [-0.15, -0.1) is 0 Å². The smallest absolute Gasteiger partial charge is 0.324 e. The van der Waals surface area contributed by atoms with Gasteiger partial charge in [-0.2, -0.15) is 0 Å². The van der Waals surface area contributed by atoms with E-state index in [-0.39, 0.29) is 17.6 Å². The second-order valence-corrected chi connectivity index (χ2v) is 9.75. The van der Waals surface area contributed by atoms with E-state index in [0.717, 1.165) is 12.3 Å². The van der Waals surface area contributed by atoms with Crippen molar-refractivity contribution in [2.45, 2.75) is 18.7 Å². The molecule has 176 valence electrons. The molecule has 0 bridgehead atoms. The first-order valence-corrected chi connectivity index (χ1v) is 12.2. The van der Waals surface area contributed by atoms with Gasteiger partial charge in [0.05, 0.1) is 37.0 Å². The highest BCUT2D eigenvalue weighted by atomic mass is 32.2. The normalized spacial score (nSPS) is 16.5. The van der Waals surface area contributed by atoms with Gasteiger partial charge in [-0.3, -0.25) is 10.7 Å². The van der Waals surface area contributed by atoms with E-state index in [2.05, 4.69) is 25.5 Å². The second-order valence-electron chi connectivity index (χ2n) is 7.61. The van der Waals surface area contributed by atoms with Crippen LogP contribution >= 0.6 is 0 Å². The highest BCUT2D eigenvalue weighted by molar-refractivity contribution is 7.89. The molecule has 1 saturated heterocycles. The number of carbonyl (C=O) groups excluding carboxylic acids is 1. The van der Waals surface area contributed by atoms with Crippen LogP contribution < -0.4 is 15.5 Å². The summed E-state index contributed by atoms with van der Waals surface area (Å²) in [5, 5.41) is 20.9. The third-order valence-corrected chi connectivity index (χ3v) is 5.55. The molecule has 2 heterocycles. The van der Waals surface area contributed by atoms with Gasteiger partial charge in [0.1, 0.15) is 11.7 Å². The van der Waals surface area contributed by atoms with E-state index in [9.17, 15) is 13.2 Å². The van der Waals surface area contributed by atoms with Crippen molar-refractivity contribution in [1.82, 2.24) is 15.3 Å². The number of carbonyl (C=O) groups is 1. The summed E-state index contributed by atoms with van der Waals surface area (Å²) in [6, 6.07) is 7.84. The van der Waals surface area contributed by atoms with Gasteiger partial charge in [0.15, 0.2) is 15.7 Å². The minimum atomic E-state index is -3.30. The lowest BCUT2D eigenvalue weighted by Gasteiger charge is -2.34. The molecular formula is C21H26N6O5S. The number of hydrogen-bond donors (Lipinski definition) is 4. The van der Waals surface area contributed by atoms with Crippen LogP contribution in [0.2, 0.25) is 0 Å². The molecule has 1 aliphatic heterocycles. The number of aliphatic hydroxyl groups is 1. The van der Waals surface area contributed by atoms with Gasteiger partial charge < -0.3 is 20.1 Å². The largest absolute Gasteiger partial charge is 0.515 e. The molecule has 1 aromatic carbocycles. The Labute approximate surface area is 191 Å². The third-order valence-electron chi connectivity index (χ3n) is 4.73. The minimum absolute atomic E-state index is 0.0806. The number of urea groups is 1. The molecule has 1 fully saturated rings. The van der Waals surface area contributed by atoms with Gasteiger partial charge in [0.2, 0.25) is 0 Å². The summed E-state index contributed by atoms with van der Waals surface area (Å²) in [5.74, 6) is 0.525. The number of benzene rings is 1. The van der Waals surface area contributed by atoms with E-state index in [4.69, 9.17) is 15.3 Å². The van der Waals surface area contributed by atoms with Crippen LogP contribution in [-0.2, 0) is 20.3 Å². The van der Waals surface area contributed by atoms with Crippen molar-refractivity contribution in [2.75, 3.05) is 36.2 Å². The maximum atomic E-state index is 11.9. The molecule has 2 aromatic rings. The summed E-state index contributed by atoms with van der Waals surface area (Å²) >= 11 is 0. The zero-order valence-corrected chi connectivity index (χ0v) is 19.1. The van der Waals surface area contributed by atoms with Crippen LogP contribution in [0.3, 0.4) is 0 Å². The molecular weight excluding hydrogens is 448 g/mol. The fourth-order valence-electron chi connectivity index (χ4n) is 3.27. The molecule has 0 aliphatic carbocycles. The molecule has 0 unspecified atom stereocenters. The predicted molar refractivity (Wildman–Crippen MR) is 125 cm³/mol. The maximum absolute atomic E-state index is 11.9. The molecule has 12 heteroatoms. The van der Waals surface area contributed by atoms with Crippen molar-refractivity contribution >= 4 is 33.2 Å². The van der Waals surface area contributed by atoms with Crippen molar-refractivity contribution in [2.24, 2.45) is 0 Å². The van der Waals surface area contributed by atoms with Gasteiger partial charge in [-0.25, -0.2) is 23.2 Å². The number of nitrogens with zero attached hydrogens (tertiary/aromatic N) is 3. The Hall–Kier alpha value is -3.51. The van der Waals surface area contributed by atoms with Crippen LogP contribution in [0, 0.1) is 5.41 Å². The standard InChI is InChI=1S/C21H26N6O5S/c1-14-12-32-10-8-27(14)19-11-17(13-33(2,30)31)23-20(26-19)15-3-5-16(6-4-15)24-21(29)25-18(22)7-9-28/h3-7,9,11,14,28H,8,10,12-13H2,1-2H3,(H3,22,24,25,29)/b9-7-/t14-/m0/s1. The van der Waals surface area contributed by atoms with Gasteiger partial charge in [-0.1, -0.05) is 0 Å². The van der Waals surface area contributed by atoms with Crippen LogP contribution in [0.15, 0.2) is 42.7 Å². The van der Waals surface area contributed by atoms with Crippen LogP contribution in [0.5, 0.6) is 0 Å². The van der Waals surface area contributed by atoms with E-state index in [1.54, 1.807) is 30.3 Å². The van der Waals surface area contributed by atoms with E-state index in [1.165, 1.54) is 0 Å². The monoisotopic (exact) mass is 474 g/mol. The first-order valence-electron chi connectivity index (χ1n) is 10.1. The molecule has 0 saturated carbocycles. The molecule has 1 atom stereocenters. The Morgan fingerprint density at radius 2 is 2.06 bits per heavy atom. The molecule has 4 N–H and O–H groups in total. The number of aliphatic hydroxyl groups excluding tert-OH is 1. The highest BCUT2D eigenvalue weighted by Crippen LogP contribution is 2.25. The van der Waals surface area contributed by atoms with Gasteiger partial charge in [0, 0.05) is 36.2 Å². The van der Waals surface area contributed by atoms with Crippen LogP contribution in [-0.4, -0.2) is 67.4 Å². The molecule has 33 heavy (non-hydrogen) atoms. The van der Waals surface area contributed by atoms with E-state index >= 15 is 0 Å². The first kappa shape index (κ1) is 24.1. The fourth-order valence-corrected chi connectivity index (χ4v) is 3.96. The fraction of sp³-hybridized carbons (Fsp3) is 0.333. The topological polar surface area (TPSA) is 158 Å². The average Bonchev–Trinajstić information content (AvgIpc) is 2.73. The van der Waals surface area contributed by atoms with Crippen molar-refractivity contribution in [3.8, 4) is 11.4 Å². The Bertz CT molecular complexity index is 1150. The zero-order valence-electron chi connectivity index (χ0n) is 18.3. The van der Waals surface area contributed by atoms with Crippen molar-refractivity contribution in [3.05, 3.63) is 48.4 Å². The average molecular weight is 475 g/mol. The SMILES string of the molecule is C[C@H]1COCCN1c1cc(CS(C)(=O)=O)nc(-c2ccc(NC(=O)NC(=N)/C=C\O)cc2)n1. The molecule has 11 nitrogen and oxygen atoms in total. The lowest BCUT2D eigenvalue weighted by Crippen LogP contribution is -2.44. The molecule has 2 amide bonds. The summed E-state index contributed by atoms with van der Waals surface area (Å²) < 4.78 is 29.3. The van der Waals surface area contributed by atoms with Crippen molar-refractivity contribution in [1.29, 1.82) is 5.41 Å². The minimum Gasteiger partial charge on any atom is -0.515 e. The number of hydrogen-bond acceptors (Lipinski definition) is 9. The summed E-state index contributed by atoms with van der Waals surface area (Å²) in [6.45, 7) is 3.75. The zero-order chi connectivity index (χ0) is 24.0. The maximum Gasteiger partial charge on any atom is 0.324 e. The first-order chi connectivity index (χ1) is 15.6. The lowest BCUT2D eigenvalue weighted by molar-refractivity contribution is 0.0985. The predicted octanol–water partition coefficient (Wildman–Crippen LogP) is 2.08. The Balaban J connectivity index is 1.86.